The number of hydrogen-bond acceptors (Lipinski definition) is 4. The van der Waals surface area contributed by atoms with Crippen molar-refractivity contribution in [2.45, 2.75) is 25.7 Å². The lowest BCUT2D eigenvalue weighted by molar-refractivity contribution is -0.0965. The zero-order valence-electron chi connectivity index (χ0n) is 9.42. The van der Waals surface area contributed by atoms with Gasteiger partial charge in [-0.05, 0) is 5.92 Å². The summed E-state index contributed by atoms with van der Waals surface area (Å²) >= 11 is 0. The third kappa shape index (κ3) is 2.47. The summed E-state index contributed by atoms with van der Waals surface area (Å²) in [5.41, 5.74) is 4.78. The molecule has 0 aliphatic heterocycles. The Morgan fingerprint density at radius 2 is 1.81 bits per heavy atom. The summed E-state index contributed by atoms with van der Waals surface area (Å²) in [6, 6.07) is 6.17. The van der Waals surface area contributed by atoms with Crippen molar-refractivity contribution in [2.75, 3.05) is 0 Å². The van der Waals surface area contributed by atoms with Crippen LogP contribution in [0.2, 0.25) is 0 Å². The number of benzene rings is 1. The minimum absolute atomic E-state index is 0.166. The van der Waals surface area contributed by atoms with Crippen molar-refractivity contribution in [3.63, 3.8) is 0 Å². The summed E-state index contributed by atoms with van der Waals surface area (Å²) < 4.78 is 0. The van der Waals surface area contributed by atoms with Crippen LogP contribution in [0.5, 0.6) is 0 Å². The number of carbonyl (C=O) groups excluding carboxylic acids is 1. The Morgan fingerprint density at radius 3 is 2.19 bits per heavy atom. The monoisotopic (exact) mass is 223 g/mol. The first kappa shape index (κ1) is 12.8. The minimum atomic E-state index is -1.80. The van der Waals surface area contributed by atoms with E-state index in [9.17, 15) is 15.0 Å². The maximum atomic E-state index is 10.5. The number of rotatable bonds is 4. The van der Waals surface area contributed by atoms with E-state index in [0.717, 1.165) is 0 Å². The number of hydrogen-bond donors (Lipinski definition) is 3. The van der Waals surface area contributed by atoms with Gasteiger partial charge in [0, 0.05) is 11.1 Å². The maximum Gasteiger partial charge on any atom is 0.166 e. The normalized spacial score (nSPS) is 16.9. The van der Waals surface area contributed by atoms with E-state index in [1.807, 2.05) is 0 Å². The summed E-state index contributed by atoms with van der Waals surface area (Å²) in [5.74, 6) is -0.166. The van der Waals surface area contributed by atoms with Gasteiger partial charge in [0.2, 0.25) is 0 Å². The Labute approximate surface area is 94.7 Å². The quantitative estimate of drug-likeness (QED) is 0.516. The van der Waals surface area contributed by atoms with Gasteiger partial charge in [-0.3, -0.25) is 10.5 Å². The molecule has 0 radical (unpaired) electrons. The molecule has 0 aromatic heterocycles. The molecule has 0 fully saturated rings. The van der Waals surface area contributed by atoms with E-state index < -0.39 is 11.8 Å². The van der Waals surface area contributed by atoms with Crippen molar-refractivity contribution in [2.24, 2.45) is 11.7 Å². The van der Waals surface area contributed by atoms with Gasteiger partial charge in [0.25, 0.3) is 0 Å². The Morgan fingerprint density at radius 1 is 1.31 bits per heavy atom. The molecule has 0 saturated carbocycles. The molecule has 2 atom stereocenters. The van der Waals surface area contributed by atoms with Crippen LogP contribution in [0.1, 0.15) is 29.8 Å². The average molecular weight is 223 g/mol. The smallest absolute Gasteiger partial charge is 0.166 e. The molecule has 0 amide bonds. The van der Waals surface area contributed by atoms with Gasteiger partial charge in [-0.1, -0.05) is 38.1 Å². The summed E-state index contributed by atoms with van der Waals surface area (Å²) in [6.45, 7) is 3.53. The molecule has 0 aliphatic carbocycles. The number of aliphatic hydroxyl groups is 2. The molecule has 88 valence electrons. The highest BCUT2D eigenvalue weighted by molar-refractivity contribution is 5.74. The predicted molar refractivity (Wildman–Crippen MR) is 60.8 cm³/mol. The minimum Gasteiger partial charge on any atom is -0.388 e. The van der Waals surface area contributed by atoms with Crippen LogP contribution in [-0.2, 0) is 5.72 Å². The highest BCUT2D eigenvalue weighted by Crippen LogP contribution is 2.24. The lowest BCUT2D eigenvalue weighted by Crippen LogP contribution is -2.50. The van der Waals surface area contributed by atoms with Crippen LogP contribution in [-0.4, -0.2) is 22.6 Å². The maximum absolute atomic E-state index is 10.5. The third-order valence-corrected chi connectivity index (χ3v) is 2.59. The van der Waals surface area contributed by atoms with Crippen molar-refractivity contribution in [1.29, 1.82) is 0 Å². The van der Waals surface area contributed by atoms with Crippen LogP contribution >= 0.6 is 0 Å². The summed E-state index contributed by atoms with van der Waals surface area (Å²) in [4.78, 5) is 10.5. The zero-order chi connectivity index (χ0) is 12.3. The Bertz CT molecular complexity index is 357. The van der Waals surface area contributed by atoms with Crippen molar-refractivity contribution in [3.8, 4) is 0 Å². The van der Waals surface area contributed by atoms with E-state index >= 15 is 0 Å². The molecule has 0 saturated heterocycles. The van der Waals surface area contributed by atoms with Crippen molar-refractivity contribution in [1.82, 2.24) is 0 Å². The summed E-state index contributed by atoms with van der Waals surface area (Å²) in [6.07, 6.45) is -0.354. The van der Waals surface area contributed by atoms with Gasteiger partial charge >= 0.3 is 0 Å². The SMILES string of the molecule is CC(C)[C@H](O)[C@@](N)(O)c1ccc(C=O)cc1. The number of nitrogens with two attached hydrogens (primary N) is 1. The van der Waals surface area contributed by atoms with Crippen molar-refractivity contribution >= 4 is 6.29 Å². The second-order valence-corrected chi connectivity index (χ2v) is 4.25. The van der Waals surface area contributed by atoms with Crippen LogP contribution in [0.3, 0.4) is 0 Å². The van der Waals surface area contributed by atoms with E-state index in [4.69, 9.17) is 5.73 Å². The number of aliphatic hydroxyl groups excluding tert-OH is 1. The number of carbonyl (C=O) groups is 1. The Kier molecular flexibility index (Phi) is 3.80. The Hall–Kier alpha value is -1.23. The van der Waals surface area contributed by atoms with Crippen molar-refractivity contribution < 1.29 is 15.0 Å². The van der Waals surface area contributed by atoms with Gasteiger partial charge in [-0.2, -0.15) is 0 Å². The van der Waals surface area contributed by atoms with Gasteiger partial charge in [0.05, 0.1) is 0 Å². The fourth-order valence-corrected chi connectivity index (χ4v) is 1.51. The molecular weight excluding hydrogens is 206 g/mol. The lowest BCUT2D eigenvalue weighted by atomic mass is 9.90. The predicted octanol–water partition coefficient (Wildman–Crippen LogP) is 0.620. The number of aldehydes is 1. The van der Waals surface area contributed by atoms with Gasteiger partial charge in [0.1, 0.15) is 12.4 Å². The standard InChI is InChI=1S/C12H17NO3/c1-8(2)11(15)12(13,16)10-5-3-9(7-14)4-6-10/h3-8,11,15-16H,13H2,1-2H3/t11-,12-/m0/s1. The Balaban J connectivity index is 3.01. The molecular formula is C12H17NO3. The molecule has 0 heterocycles. The molecule has 0 bridgehead atoms. The molecule has 1 rings (SSSR count). The van der Waals surface area contributed by atoms with E-state index in [-0.39, 0.29) is 5.92 Å². The fraction of sp³-hybridized carbons (Fsp3) is 0.417. The largest absolute Gasteiger partial charge is 0.388 e. The molecule has 16 heavy (non-hydrogen) atoms. The van der Waals surface area contributed by atoms with Crippen LogP contribution in [0.25, 0.3) is 0 Å². The molecule has 1 aromatic rings. The first-order valence-corrected chi connectivity index (χ1v) is 5.14. The van der Waals surface area contributed by atoms with Crippen LogP contribution < -0.4 is 5.73 Å². The van der Waals surface area contributed by atoms with Gasteiger partial charge in [-0.15, -0.1) is 0 Å². The van der Waals surface area contributed by atoms with Crippen LogP contribution in [0.15, 0.2) is 24.3 Å². The lowest BCUT2D eigenvalue weighted by Gasteiger charge is -2.31. The van der Waals surface area contributed by atoms with E-state index in [1.54, 1.807) is 26.0 Å². The molecule has 0 spiro atoms. The van der Waals surface area contributed by atoms with Gasteiger partial charge < -0.3 is 10.2 Å². The third-order valence-electron chi connectivity index (χ3n) is 2.59. The van der Waals surface area contributed by atoms with Gasteiger partial charge in [-0.25, -0.2) is 0 Å². The van der Waals surface area contributed by atoms with Crippen LogP contribution in [0.4, 0.5) is 0 Å². The molecule has 0 aliphatic rings. The molecule has 4 N–H and O–H groups in total. The van der Waals surface area contributed by atoms with Crippen molar-refractivity contribution in [3.05, 3.63) is 35.4 Å². The molecule has 4 heteroatoms. The highest BCUT2D eigenvalue weighted by Gasteiger charge is 2.35. The second-order valence-electron chi connectivity index (χ2n) is 4.25. The van der Waals surface area contributed by atoms with E-state index in [0.29, 0.717) is 17.4 Å². The first-order chi connectivity index (χ1) is 7.39. The molecule has 4 nitrogen and oxygen atoms in total. The molecule has 0 unspecified atom stereocenters. The average Bonchev–Trinajstić information content (AvgIpc) is 2.28. The van der Waals surface area contributed by atoms with Gasteiger partial charge in [0.15, 0.2) is 5.72 Å². The van der Waals surface area contributed by atoms with Crippen LogP contribution in [0, 0.1) is 5.92 Å². The zero-order valence-corrected chi connectivity index (χ0v) is 9.42. The highest BCUT2D eigenvalue weighted by atomic mass is 16.4. The fourth-order valence-electron chi connectivity index (χ4n) is 1.51. The summed E-state index contributed by atoms with van der Waals surface area (Å²) in [7, 11) is 0. The van der Waals surface area contributed by atoms with E-state index in [2.05, 4.69) is 0 Å². The topological polar surface area (TPSA) is 83.6 Å². The molecule has 1 aromatic carbocycles. The summed E-state index contributed by atoms with van der Waals surface area (Å²) in [5, 5.41) is 19.8. The first-order valence-electron chi connectivity index (χ1n) is 5.14. The van der Waals surface area contributed by atoms with E-state index in [1.165, 1.54) is 12.1 Å². The second kappa shape index (κ2) is 4.74.